The van der Waals surface area contributed by atoms with Crippen molar-refractivity contribution >= 4 is 57.2 Å². The van der Waals surface area contributed by atoms with Gasteiger partial charge in [0.15, 0.2) is 5.15 Å². The SMILES string of the molecule is CC(C)(C)OC(=O)N1CCN(c2ccncc2NC(=O)c2csc(-n3nc(Cl)c4ccccc43)n2)CC1. The van der Waals surface area contributed by atoms with E-state index in [1.54, 1.807) is 27.4 Å². The van der Waals surface area contributed by atoms with Gasteiger partial charge in [0.05, 0.1) is 23.1 Å². The van der Waals surface area contributed by atoms with Crippen LogP contribution in [-0.4, -0.2) is 68.4 Å². The fourth-order valence-electron chi connectivity index (χ4n) is 4.04. The third-order valence-electron chi connectivity index (χ3n) is 5.77. The van der Waals surface area contributed by atoms with Gasteiger partial charge in [0.1, 0.15) is 11.3 Å². The van der Waals surface area contributed by atoms with Crippen LogP contribution in [0.5, 0.6) is 0 Å². The Morgan fingerprint density at radius 1 is 1.11 bits per heavy atom. The number of thiazole rings is 1. The number of ether oxygens (including phenoxy) is 1. The Morgan fingerprint density at radius 2 is 1.86 bits per heavy atom. The Kier molecular flexibility index (Phi) is 6.74. The van der Waals surface area contributed by atoms with E-state index in [0.717, 1.165) is 16.6 Å². The predicted molar refractivity (Wildman–Crippen MR) is 144 cm³/mol. The number of carbonyl (C=O) groups excluding carboxylic acids is 2. The van der Waals surface area contributed by atoms with Crippen molar-refractivity contribution in [3.05, 3.63) is 59.0 Å². The number of hydrogen-bond acceptors (Lipinski definition) is 8. The molecule has 1 aliphatic heterocycles. The average molecular weight is 540 g/mol. The fraction of sp³-hybridized carbons (Fsp3) is 0.320. The van der Waals surface area contributed by atoms with E-state index in [1.807, 2.05) is 51.1 Å². The van der Waals surface area contributed by atoms with E-state index in [-0.39, 0.29) is 17.7 Å². The Balaban J connectivity index is 1.28. The van der Waals surface area contributed by atoms with E-state index in [1.165, 1.54) is 11.3 Å². The summed E-state index contributed by atoms with van der Waals surface area (Å²) < 4.78 is 7.12. The first-order valence-corrected chi connectivity index (χ1v) is 13.0. The molecule has 37 heavy (non-hydrogen) atoms. The maximum absolute atomic E-state index is 13.1. The van der Waals surface area contributed by atoms with Crippen LogP contribution in [0.1, 0.15) is 31.3 Å². The Bertz CT molecular complexity index is 1450. The largest absolute Gasteiger partial charge is 0.444 e. The number of benzene rings is 1. The van der Waals surface area contributed by atoms with E-state index in [0.29, 0.717) is 42.2 Å². The van der Waals surface area contributed by atoms with Crippen LogP contribution in [0.15, 0.2) is 48.1 Å². The minimum Gasteiger partial charge on any atom is -0.444 e. The van der Waals surface area contributed by atoms with Crippen molar-refractivity contribution in [2.45, 2.75) is 26.4 Å². The molecule has 1 aliphatic rings. The van der Waals surface area contributed by atoms with Crippen molar-refractivity contribution in [2.24, 2.45) is 0 Å². The highest BCUT2D eigenvalue weighted by atomic mass is 35.5. The minimum absolute atomic E-state index is 0.264. The lowest BCUT2D eigenvalue weighted by Gasteiger charge is -2.37. The van der Waals surface area contributed by atoms with Gasteiger partial charge >= 0.3 is 6.09 Å². The van der Waals surface area contributed by atoms with Crippen molar-refractivity contribution in [3.8, 4) is 5.13 Å². The number of carbonyl (C=O) groups is 2. The molecule has 0 spiro atoms. The number of halogens is 1. The van der Waals surface area contributed by atoms with Crippen LogP contribution < -0.4 is 10.2 Å². The molecule has 1 saturated heterocycles. The number of rotatable bonds is 4. The lowest BCUT2D eigenvalue weighted by Crippen LogP contribution is -2.50. The number of piperazine rings is 1. The molecule has 4 heterocycles. The molecule has 1 aromatic carbocycles. The van der Waals surface area contributed by atoms with E-state index in [9.17, 15) is 9.59 Å². The van der Waals surface area contributed by atoms with Crippen LogP contribution in [-0.2, 0) is 4.74 Å². The lowest BCUT2D eigenvalue weighted by molar-refractivity contribution is 0.0240. The third-order valence-corrected chi connectivity index (χ3v) is 6.86. The normalized spacial score (nSPS) is 14.2. The molecule has 0 unspecified atom stereocenters. The molecule has 3 aromatic heterocycles. The van der Waals surface area contributed by atoms with Crippen molar-refractivity contribution in [1.82, 2.24) is 24.6 Å². The average Bonchev–Trinajstić information content (AvgIpc) is 3.49. The Hall–Kier alpha value is -3.70. The zero-order valence-corrected chi connectivity index (χ0v) is 22.2. The minimum atomic E-state index is -0.539. The van der Waals surface area contributed by atoms with Crippen molar-refractivity contribution in [3.63, 3.8) is 0 Å². The fourth-order valence-corrected chi connectivity index (χ4v) is 5.04. The summed E-state index contributed by atoms with van der Waals surface area (Å²) in [4.78, 5) is 38.0. The zero-order valence-electron chi connectivity index (χ0n) is 20.6. The summed E-state index contributed by atoms with van der Waals surface area (Å²) in [6.07, 6.45) is 2.97. The van der Waals surface area contributed by atoms with Gasteiger partial charge in [-0.25, -0.2) is 14.5 Å². The quantitative estimate of drug-likeness (QED) is 0.395. The summed E-state index contributed by atoms with van der Waals surface area (Å²) in [6.45, 7) is 7.78. The number of para-hydroxylation sites is 1. The number of nitrogens with one attached hydrogen (secondary N) is 1. The zero-order chi connectivity index (χ0) is 26.2. The van der Waals surface area contributed by atoms with E-state index < -0.39 is 5.60 Å². The number of fused-ring (bicyclic) bond motifs is 1. The Labute approximate surface area is 222 Å². The van der Waals surface area contributed by atoms with Crippen molar-refractivity contribution < 1.29 is 14.3 Å². The first-order chi connectivity index (χ1) is 17.7. The molecule has 1 N–H and O–H groups in total. The number of anilines is 2. The maximum atomic E-state index is 13.1. The molecule has 4 aromatic rings. The molecule has 10 nitrogen and oxygen atoms in total. The van der Waals surface area contributed by atoms with Gasteiger partial charge in [-0.05, 0) is 39.0 Å². The summed E-state index contributed by atoms with van der Waals surface area (Å²) in [7, 11) is 0. The maximum Gasteiger partial charge on any atom is 0.410 e. The molecule has 2 amide bonds. The van der Waals surface area contributed by atoms with Crippen molar-refractivity contribution in [2.75, 3.05) is 36.4 Å². The summed E-state index contributed by atoms with van der Waals surface area (Å²) in [6, 6.07) is 9.43. The van der Waals surface area contributed by atoms with Gasteiger partial charge in [-0.15, -0.1) is 11.3 Å². The number of nitrogens with zero attached hydrogens (tertiary/aromatic N) is 6. The molecule has 1 fully saturated rings. The van der Waals surface area contributed by atoms with Gasteiger partial charge < -0.3 is 19.9 Å². The second-order valence-corrected chi connectivity index (χ2v) is 10.7. The van der Waals surface area contributed by atoms with E-state index in [2.05, 4.69) is 25.3 Å². The van der Waals surface area contributed by atoms with Crippen LogP contribution in [0.4, 0.5) is 16.2 Å². The summed E-state index contributed by atoms with van der Waals surface area (Å²) >= 11 is 7.58. The van der Waals surface area contributed by atoms with Gasteiger partial charge in [0.2, 0.25) is 5.13 Å². The van der Waals surface area contributed by atoms with Crippen LogP contribution >= 0.6 is 22.9 Å². The van der Waals surface area contributed by atoms with Gasteiger partial charge in [-0.1, -0.05) is 23.7 Å². The van der Waals surface area contributed by atoms with Gasteiger partial charge in [0.25, 0.3) is 5.91 Å². The standard InChI is InChI=1S/C25H26ClN7O3S/c1-25(2,3)36-24(35)32-12-10-31(11-13-32)20-8-9-27-14-17(20)28-22(34)18-15-37-23(29-18)33-19-7-5-4-6-16(19)21(26)30-33/h4-9,14-15H,10-13H2,1-3H3,(H,28,34). The third kappa shape index (κ3) is 5.37. The topological polar surface area (TPSA) is 105 Å². The molecule has 0 radical (unpaired) electrons. The number of pyridine rings is 1. The van der Waals surface area contributed by atoms with Gasteiger partial charge in [-0.2, -0.15) is 5.10 Å². The van der Waals surface area contributed by atoms with E-state index >= 15 is 0 Å². The lowest BCUT2D eigenvalue weighted by atomic mass is 10.2. The summed E-state index contributed by atoms with van der Waals surface area (Å²) in [5.41, 5.74) is 1.94. The number of aromatic nitrogens is 4. The number of amides is 2. The first-order valence-electron chi connectivity index (χ1n) is 11.8. The molecule has 0 saturated carbocycles. The monoisotopic (exact) mass is 539 g/mol. The second-order valence-electron chi connectivity index (χ2n) is 9.54. The molecule has 192 valence electrons. The van der Waals surface area contributed by atoms with Crippen LogP contribution in [0.2, 0.25) is 5.15 Å². The summed E-state index contributed by atoms with van der Waals surface area (Å²) in [5.74, 6) is -0.355. The molecule has 0 atom stereocenters. The van der Waals surface area contributed by atoms with Gasteiger partial charge in [0, 0.05) is 43.1 Å². The highest BCUT2D eigenvalue weighted by Crippen LogP contribution is 2.29. The molecular weight excluding hydrogens is 514 g/mol. The molecule has 5 rings (SSSR count). The molecular formula is C25H26ClN7O3S. The first kappa shape index (κ1) is 25.0. The van der Waals surface area contributed by atoms with E-state index in [4.69, 9.17) is 16.3 Å². The van der Waals surface area contributed by atoms with Crippen molar-refractivity contribution in [1.29, 1.82) is 0 Å². The Morgan fingerprint density at radius 3 is 2.62 bits per heavy atom. The molecule has 0 aliphatic carbocycles. The number of hydrogen-bond donors (Lipinski definition) is 1. The van der Waals surface area contributed by atoms with Crippen LogP contribution in [0.25, 0.3) is 16.0 Å². The molecule has 12 heteroatoms. The smallest absolute Gasteiger partial charge is 0.410 e. The van der Waals surface area contributed by atoms with Gasteiger partial charge in [-0.3, -0.25) is 9.78 Å². The second kappa shape index (κ2) is 9.98. The van der Waals surface area contributed by atoms with Crippen LogP contribution in [0.3, 0.4) is 0 Å². The predicted octanol–water partition coefficient (Wildman–Crippen LogP) is 4.84. The van der Waals surface area contributed by atoms with Crippen LogP contribution in [0, 0.1) is 0 Å². The highest BCUT2D eigenvalue weighted by molar-refractivity contribution is 7.12. The highest BCUT2D eigenvalue weighted by Gasteiger charge is 2.27. The molecule has 0 bridgehead atoms. The summed E-state index contributed by atoms with van der Waals surface area (Å²) in [5, 5.41) is 10.7.